The third-order valence-electron chi connectivity index (χ3n) is 2.52. The van der Waals surface area contributed by atoms with Crippen LogP contribution in [0.3, 0.4) is 0 Å². The summed E-state index contributed by atoms with van der Waals surface area (Å²) in [4.78, 5) is 12.0. The van der Waals surface area contributed by atoms with Crippen molar-refractivity contribution in [2.45, 2.75) is 0 Å². The second kappa shape index (κ2) is 4.86. The van der Waals surface area contributed by atoms with Crippen LogP contribution in [0.25, 0.3) is 17.3 Å². The van der Waals surface area contributed by atoms with Crippen LogP contribution in [0.2, 0.25) is 5.02 Å². The molecular formula is C12H8ClFN6. The van der Waals surface area contributed by atoms with Crippen LogP contribution in [-0.2, 0) is 0 Å². The molecule has 20 heavy (non-hydrogen) atoms. The predicted octanol–water partition coefficient (Wildman–Crippen LogP) is 2.10. The van der Waals surface area contributed by atoms with Crippen molar-refractivity contribution in [2.24, 2.45) is 0 Å². The van der Waals surface area contributed by atoms with E-state index in [1.807, 2.05) is 0 Å². The Kier molecular flexibility index (Phi) is 3.03. The first-order chi connectivity index (χ1) is 9.63. The molecule has 0 aliphatic heterocycles. The molecule has 0 unspecified atom stereocenters. The van der Waals surface area contributed by atoms with Crippen molar-refractivity contribution in [2.75, 3.05) is 5.73 Å². The zero-order chi connectivity index (χ0) is 14.1. The van der Waals surface area contributed by atoms with Crippen LogP contribution in [0.5, 0.6) is 0 Å². The molecule has 2 aromatic heterocycles. The lowest BCUT2D eigenvalue weighted by Gasteiger charge is -2.06. The summed E-state index contributed by atoms with van der Waals surface area (Å²) in [5.41, 5.74) is 5.82. The molecule has 0 bridgehead atoms. The fourth-order valence-corrected chi connectivity index (χ4v) is 1.82. The average molecular weight is 291 g/mol. The van der Waals surface area contributed by atoms with Gasteiger partial charge in [-0.15, -0.1) is 0 Å². The number of nitrogen functional groups attached to an aromatic ring is 1. The molecule has 0 radical (unpaired) electrons. The van der Waals surface area contributed by atoms with Crippen LogP contribution in [-0.4, -0.2) is 24.7 Å². The van der Waals surface area contributed by atoms with E-state index >= 15 is 0 Å². The van der Waals surface area contributed by atoms with E-state index in [1.165, 1.54) is 16.8 Å². The van der Waals surface area contributed by atoms with Crippen molar-refractivity contribution < 1.29 is 4.39 Å². The van der Waals surface area contributed by atoms with E-state index in [4.69, 9.17) is 17.3 Å². The van der Waals surface area contributed by atoms with Crippen molar-refractivity contribution in [3.63, 3.8) is 0 Å². The quantitative estimate of drug-likeness (QED) is 0.781. The zero-order valence-electron chi connectivity index (χ0n) is 10.0. The van der Waals surface area contributed by atoms with Crippen molar-refractivity contribution in [3.05, 3.63) is 47.5 Å². The number of hydrogen-bond donors (Lipinski definition) is 1. The molecule has 0 amide bonds. The summed E-state index contributed by atoms with van der Waals surface area (Å²) in [7, 11) is 0. The van der Waals surface area contributed by atoms with Crippen molar-refractivity contribution >= 4 is 17.5 Å². The van der Waals surface area contributed by atoms with Gasteiger partial charge in [0.2, 0.25) is 5.95 Å². The van der Waals surface area contributed by atoms with Crippen LogP contribution in [0, 0.1) is 5.82 Å². The first kappa shape index (κ1) is 12.5. The summed E-state index contributed by atoms with van der Waals surface area (Å²) in [6, 6.07) is 5.93. The number of benzene rings is 1. The van der Waals surface area contributed by atoms with Crippen LogP contribution < -0.4 is 5.73 Å². The first-order valence-electron chi connectivity index (χ1n) is 5.60. The highest BCUT2D eigenvalue weighted by Gasteiger charge is 2.12. The third-order valence-corrected chi connectivity index (χ3v) is 2.76. The van der Waals surface area contributed by atoms with Gasteiger partial charge in [-0.25, -0.2) is 9.07 Å². The SMILES string of the molecule is Nc1nc(-c2ccc(Cl)cc2F)nc(-n2cccn2)n1. The number of anilines is 1. The summed E-state index contributed by atoms with van der Waals surface area (Å²) in [5, 5.41) is 4.28. The largest absolute Gasteiger partial charge is 0.368 e. The zero-order valence-corrected chi connectivity index (χ0v) is 10.8. The maximum atomic E-state index is 13.9. The van der Waals surface area contributed by atoms with Crippen molar-refractivity contribution in [1.82, 2.24) is 24.7 Å². The normalized spacial score (nSPS) is 10.7. The second-order valence-electron chi connectivity index (χ2n) is 3.89. The Morgan fingerprint density at radius 2 is 2.05 bits per heavy atom. The molecular weight excluding hydrogens is 283 g/mol. The van der Waals surface area contributed by atoms with Crippen LogP contribution in [0.4, 0.5) is 10.3 Å². The van der Waals surface area contributed by atoms with Crippen LogP contribution >= 0.6 is 11.6 Å². The summed E-state index contributed by atoms with van der Waals surface area (Å²) in [6.07, 6.45) is 3.22. The van der Waals surface area contributed by atoms with E-state index in [2.05, 4.69) is 20.1 Å². The molecule has 0 aliphatic carbocycles. The van der Waals surface area contributed by atoms with Gasteiger partial charge in [-0.05, 0) is 24.3 Å². The second-order valence-corrected chi connectivity index (χ2v) is 4.33. The molecule has 0 saturated carbocycles. The summed E-state index contributed by atoms with van der Waals surface area (Å²) in [6.45, 7) is 0. The van der Waals surface area contributed by atoms with E-state index in [0.29, 0.717) is 5.02 Å². The minimum absolute atomic E-state index is 0.0187. The Morgan fingerprint density at radius 1 is 1.20 bits per heavy atom. The van der Waals surface area contributed by atoms with E-state index in [9.17, 15) is 4.39 Å². The highest BCUT2D eigenvalue weighted by molar-refractivity contribution is 6.30. The van der Waals surface area contributed by atoms with E-state index in [0.717, 1.165) is 0 Å². The van der Waals surface area contributed by atoms with Gasteiger partial charge < -0.3 is 5.73 Å². The number of halogens is 2. The molecule has 3 rings (SSSR count). The molecule has 100 valence electrons. The molecule has 1 aromatic carbocycles. The Balaban J connectivity index is 2.14. The summed E-state index contributed by atoms with van der Waals surface area (Å²) >= 11 is 5.72. The Morgan fingerprint density at radius 3 is 2.75 bits per heavy atom. The summed E-state index contributed by atoms with van der Waals surface area (Å²) < 4.78 is 15.3. The molecule has 8 heteroatoms. The van der Waals surface area contributed by atoms with E-state index in [1.54, 1.807) is 24.5 Å². The highest BCUT2D eigenvalue weighted by Crippen LogP contribution is 2.23. The first-order valence-corrected chi connectivity index (χ1v) is 5.98. The van der Waals surface area contributed by atoms with Gasteiger partial charge in [-0.3, -0.25) is 0 Å². The van der Waals surface area contributed by atoms with E-state index < -0.39 is 5.82 Å². The van der Waals surface area contributed by atoms with Gasteiger partial charge >= 0.3 is 0 Å². The van der Waals surface area contributed by atoms with Crippen LogP contribution in [0.15, 0.2) is 36.7 Å². The third kappa shape index (κ3) is 2.30. The number of aromatic nitrogens is 5. The topological polar surface area (TPSA) is 82.5 Å². The number of hydrogen-bond acceptors (Lipinski definition) is 5. The smallest absolute Gasteiger partial charge is 0.255 e. The monoisotopic (exact) mass is 290 g/mol. The Labute approximate surface area is 118 Å². The lowest BCUT2D eigenvalue weighted by atomic mass is 10.2. The van der Waals surface area contributed by atoms with Gasteiger partial charge in [0.15, 0.2) is 5.82 Å². The molecule has 2 heterocycles. The fraction of sp³-hybridized carbons (Fsp3) is 0. The standard InChI is InChI=1S/C12H8ClFN6/c13-7-2-3-8(9(14)6-7)10-17-11(15)19-12(18-10)20-5-1-4-16-20/h1-6H,(H2,15,17,18,19). The van der Waals surface area contributed by atoms with Gasteiger partial charge in [0.25, 0.3) is 5.95 Å². The molecule has 0 atom stereocenters. The Hall–Kier alpha value is -2.54. The predicted molar refractivity (Wildman–Crippen MR) is 71.8 cm³/mol. The van der Waals surface area contributed by atoms with Crippen molar-refractivity contribution in [1.29, 1.82) is 0 Å². The minimum Gasteiger partial charge on any atom is -0.368 e. The lowest BCUT2D eigenvalue weighted by molar-refractivity contribution is 0.629. The maximum absolute atomic E-state index is 13.9. The summed E-state index contributed by atoms with van der Waals surface area (Å²) in [5.74, 6) is -0.214. The van der Waals surface area contributed by atoms with Gasteiger partial charge in [-0.2, -0.15) is 20.1 Å². The molecule has 0 aliphatic rings. The number of nitrogens with two attached hydrogens (primary N) is 1. The molecule has 2 N–H and O–H groups in total. The van der Waals surface area contributed by atoms with Gasteiger partial charge in [0.05, 0.1) is 5.56 Å². The number of rotatable bonds is 2. The molecule has 0 saturated heterocycles. The van der Waals surface area contributed by atoms with E-state index in [-0.39, 0.29) is 23.3 Å². The van der Waals surface area contributed by atoms with Gasteiger partial charge in [0, 0.05) is 17.4 Å². The molecule has 3 aromatic rings. The van der Waals surface area contributed by atoms with Crippen molar-refractivity contribution in [3.8, 4) is 17.3 Å². The number of nitrogens with zero attached hydrogens (tertiary/aromatic N) is 5. The molecule has 0 spiro atoms. The maximum Gasteiger partial charge on any atom is 0.255 e. The minimum atomic E-state index is -0.533. The highest BCUT2D eigenvalue weighted by atomic mass is 35.5. The fourth-order valence-electron chi connectivity index (χ4n) is 1.66. The molecule has 0 fully saturated rings. The Bertz CT molecular complexity index is 759. The lowest BCUT2D eigenvalue weighted by Crippen LogP contribution is -2.08. The molecule has 6 nitrogen and oxygen atoms in total. The van der Waals surface area contributed by atoms with Crippen LogP contribution in [0.1, 0.15) is 0 Å². The van der Waals surface area contributed by atoms with Gasteiger partial charge in [0.1, 0.15) is 5.82 Å². The average Bonchev–Trinajstić information content (AvgIpc) is 2.91. The van der Waals surface area contributed by atoms with Gasteiger partial charge in [-0.1, -0.05) is 11.6 Å².